The largest absolute Gasteiger partial charge is 0.478 e. The van der Waals surface area contributed by atoms with Crippen LogP contribution in [0.5, 0.6) is 0 Å². The monoisotopic (exact) mass is 264 g/mol. The number of nitrogens with one attached hydrogen (secondary N) is 1. The summed E-state index contributed by atoms with van der Waals surface area (Å²) in [5, 5.41) is 22.1. The van der Waals surface area contributed by atoms with Crippen molar-refractivity contribution in [3.05, 3.63) is 29.6 Å². The molecule has 1 aliphatic rings. The van der Waals surface area contributed by atoms with Gasteiger partial charge in [-0.3, -0.25) is 4.98 Å². The maximum Gasteiger partial charge on any atom is 0.337 e. The third-order valence-electron chi connectivity index (χ3n) is 3.69. The Morgan fingerprint density at radius 3 is 2.95 bits per heavy atom. The number of carboxylic acids is 1. The number of aliphatic hydroxyl groups is 1. The van der Waals surface area contributed by atoms with Crippen LogP contribution in [0.15, 0.2) is 18.3 Å². The topological polar surface area (TPSA) is 82.5 Å². The number of rotatable bonds is 5. The summed E-state index contributed by atoms with van der Waals surface area (Å²) >= 11 is 0. The van der Waals surface area contributed by atoms with Crippen LogP contribution >= 0.6 is 0 Å². The van der Waals surface area contributed by atoms with Gasteiger partial charge in [-0.05, 0) is 30.9 Å². The van der Waals surface area contributed by atoms with E-state index in [1.165, 1.54) is 0 Å². The molecule has 104 valence electrons. The number of hydrogen-bond acceptors (Lipinski definition) is 4. The lowest BCUT2D eigenvalue weighted by atomic mass is 9.86. The van der Waals surface area contributed by atoms with Crippen molar-refractivity contribution in [2.24, 2.45) is 5.92 Å². The van der Waals surface area contributed by atoms with Crippen molar-refractivity contribution in [3.63, 3.8) is 0 Å². The second-order valence-electron chi connectivity index (χ2n) is 5.05. The van der Waals surface area contributed by atoms with Gasteiger partial charge in [0, 0.05) is 19.3 Å². The van der Waals surface area contributed by atoms with Gasteiger partial charge in [0.05, 0.1) is 17.4 Å². The lowest BCUT2D eigenvalue weighted by Crippen LogP contribution is -2.34. The molecular weight excluding hydrogens is 244 g/mol. The fraction of sp³-hybridized carbons (Fsp3) is 0.571. The maximum absolute atomic E-state index is 11.0. The van der Waals surface area contributed by atoms with Crippen molar-refractivity contribution in [1.29, 1.82) is 0 Å². The summed E-state index contributed by atoms with van der Waals surface area (Å²) in [5.74, 6) is -0.687. The third kappa shape index (κ3) is 3.75. The number of pyridine rings is 1. The van der Waals surface area contributed by atoms with Crippen molar-refractivity contribution >= 4 is 5.97 Å². The van der Waals surface area contributed by atoms with E-state index in [0.29, 0.717) is 18.8 Å². The molecule has 0 spiro atoms. The molecule has 0 amide bonds. The first-order valence-electron chi connectivity index (χ1n) is 6.74. The normalized spacial score (nSPS) is 23.2. The minimum absolute atomic E-state index is 0.232. The Labute approximate surface area is 112 Å². The van der Waals surface area contributed by atoms with Crippen LogP contribution in [0.25, 0.3) is 0 Å². The highest BCUT2D eigenvalue weighted by Crippen LogP contribution is 2.23. The molecule has 19 heavy (non-hydrogen) atoms. The van der Waals surface area contributed by atoms with Crippen molar-refractivity contribution in [2.75, 3.05) is 6.54 Å². The number of carbonyl (C=O) groups is 1. The number of aromatic nitrogens is 1. The Kier molecular flexibility index (Phi) is 4.87. The molecule has 5 heteroatoms. The van der Waals surface area contributed by atoms with E-state index in [4.69, 9.17) is 5.11 Å². The molecule has 2 atom stereocenters. The summed E-state index contributed by atoms with van der Waals surface area (Å²) in [6.07, 6.45) is 5.52. The summed E-state index contributed by atoms with van der Waals surface area (Å²) in [4.78, 5) is 15.1. The van der Waals surface area contributed by atoms with Crippen LogP contribution in [0, 0.1) is 5.92 Å². The number of hydrogen-bond donors (Lipinski definition) is 3. The lowest BCUT2D eigenvalue weighted by molar-refractivity contribution is 0.0680. The first kappa shape index (κ1) is 14.0. The standard InChI is InChI=1S/C14H20N2O3/c17-13-6-2-1-4-10(13)8-15-9-12-11(14(18)19)5-3-7-16-12/h3,5,7,10,13,15,17H,1-2,4,6,8-9H2,(H,18,19). The zero-order valence-corrected chi connectivity index (χ0v) is 10.9. The number of carboxylic acid groups (broad SMARTS) is 1. The molecule has 2 unspecified atom stereocenters. The van der Waals surface area contributed by atoms with Crippen molar-refractivity contribution in [2.45, 2.75) is 38.3 Å². The minimum Gasteiger partial charge on any atom is -0.478 e. The second-order valence-corrected chi connectivity index (χ2v) is 5.05. The molecule has 5 nitrogen and oxygen atoms in total. The Bertz CT molecular complexity index is 436. The Hall–Kier alpha value is -1.46. The summed E-state index contributed by atoms with van der Waals surface area (Å²) in [5.41, 5.74) is 0.777. The van der Waals surface area contributed by atoms with E-state index in [1.54, 1.807) is 18.3 Å². The molecule has 1 aromatic heterocycles. The van der Waals surface area contributed by atoms with Gasteiger partial charge in [-0.1, -0.05) is 12.8 Å². The van der Waals surface area contributed by atoms with E-state index in [2.05, 4.69) is 10.3 Å². The first-order chi connectivity index (χ1) is 9.18. The summed E-state index contributed by atoms with van der Waals surface area (Å²) in [6, 6.07) is 3.18. The zero-order chi connectivity index (χ0) is 13.7. The smallest absolute Gasteiger partial charge is 0.337 e. The first-order valence-corrected chi connectivity index (χ1v) is 6.74. The van der Waals surface area contributed by atoms with Crippen molar-refractivity contribution < 1.29 is 15.0 Å². The van der Waals surface area contributed by atoms with E-state index in [0.717, 1.165) is 25.7 Å². The number of nitrogens with zero attached hydrogens (tertiary/aromatic N) is 1. The Balaban J connectivity index is 1.87. The van der Waals surface area contributed by atoms with Gasteiger partial charge < -0.3 is 15.5 Å². The number of aromatic carboxylic acids is 1. The van der Waals surface area contributed by atoms with Crippen molar-refractivity contribution in [1.82, 2.24) is 10.3 Å². The summed E-state index contributed by atoms with van der Waals surface area (Å²) < 4.78 is 0. The predicted octanol–water partition coefficient (Wildman–Crippen LogP) is 1.42. The van der Waals surface area contributed by atoms with Gasteiger partial charge in [0.25, 0.3) is 0 Å². The average molecular weight is 264 g/mol. The highest BCUT2D eigenvalue weighted by atomic mass is 16.4. The fourth-order valence-corrected chi connectivity index (χ4v) is 2.58. The highest BCUT2D eigenvalue weighted by molar-refractivity contribution is 5.88. The van der Waals surface area contributed by atoms with Gasteiger partial charge >= 0.3 is 5.97 Å². The quantitative estimate of drug-likeness (QED) is 0.749. The highest BCUT2D eigenvalue weighted by Gasteiger charge is 2.22. The molecule has 0 aliphatic heterocycles. The van der Waals surface area contributed by atoms with Crippen LogP contribution in [-0.4, -0.2) is 33.8 Å². The van der Waals surface area contributed by atoms with Crippen LogP contribution in [0.2, 0.25) is 0 Å². The van der Waals surface area contributed by atoms with Crippen LogP contribution in [0.1, 0.15) is 41.7 Å². The summed E-state index contributed by atoms with van der Waals surface area (Å²) in [7, 11) is 0. The maximum atomic E-state index is 11.0. The fourth-order valence-electron chi connectivity index (χ4n) is 2.58. The summed E-state index contributed by atoms with van der Waals surface area (Å²) in [6.45, 7) is 1.13. The van der Waals surface area contributed by atoms with Crippen LogP contribution < -0.4 is 5.32 Å². The molecule has 1 aromatic rings. The lowest BCUT2D eigenvalue weighted by Gasteiger charge is -2.27. The second kappa shape index (κ2) is 6.63. The molecule has 0 radical (unpaired) electrons. The van der Waals surface area contributed by atoms with Crippen LogP contribution in [-0.2, 0) is 6.54 Å². The molecule has 1 saturated carbocycles. The van der Waals surface area contributed by atoms with Gasteiger partial charge in [-0.25, -0.2) is 4.79 Å². The third-order valence-corrected chi connectivity index (χ3v) is 3.69. The van der Waals surface area contributed by atoms with E-state index in [1.807, 2.05) is 0 Å². The minimum atomic E-state index is -0.956. The van der Waals surface area contributed by atoms with Gasteiger partial charge in [-0.2, -0.15) is 0 Å². The molecule has 1 heterocycles. The molecule has 1 fully saturated rings. The van der Waals surface area contributed by atoms with Gasteiger partial charge in [-0.15, -0.1) is 0 Å². The molecular formula is C14H20N2O3. The molecule has 0 saturated heterocycles. The van der Waals surface area contributed by atoms with E-state index in [9.17, 15) is 9.90 Å². The predicted molar refractivity (Wildman–Crippen MR) is 70.9 cm³/mol. The van der Waals surface area contributed by atoms with Crippen LogP contribution in [0.4, 0.5) is 0 Å². The van der Waals surface area contributed by atoms with Crippen LogP contribution in [0.3, 0.4) is 0 Å². The van der Waals surface area contributed by atoms with Gasteiger partial charge in [0.1, 0.15) is 0 Å². The van der Waals surface area contributed by atoms with Gasteiger partial charge in [0.15, 0.2) is 0 Å². The van der Waals surface area contributed by atoms with E-state index >= 15 is 0 Å². The van der Waals surface area contributed by atoms with Crippen molar-refractivity contribution in [3.8, 4) is 0 Å². The Morgan fingerprint density at radius 1 is 1.42 bits per heavy atom. The van der Waals surface area contributed by atoms with E-state index < -0.39 is 5.97 Å². The van der Waals surface area contributed by atoms with E-state index in [-0.39, 0.29) is 17.6 Å². The molecule has 0 bridgehead atoms. The zero-order valence-electron chi connectivity index (χ0n) is 10.9. The number of aliphatic hydroxyl groups excluding tert-OH is 1. The molecule has 1 aliphatic carbocycles. The average Bonchev–Trinajstić information content (AvgIpc) is 2.41. The SMILES string of the molecule is O=C(O)c1cccnc1CNCC1CCCCC1O. The molecule has 2 rings (SSSR count). The van der Waals surface area contributed by atoms with Gasteiger partial charge in [0.2, 0.25) is 0 Å². The molecule has 0 aromatic carbocycles. The molecule has 3 N–H and O–H groups in total. The Morgan fingerprint density at radius 2 is 2.21 bits per heavy atom.